The molecule has 4 nitrogen and oxygen atoms in total. The Morgan fingerprint density at radius 2 is 0.632 bits per heavy atom. The second kappa shape index (κ2) is 18.7. The van der Waals surface area contributed by atoms with Crippen LogP contribution in [-0.2, 0) is 10.8 Å². The lowest BCUT2D eigenvalue weighted by molar-refractivity contribution is 0.415. The van der Waals surface area contributed by atoms with Gasteiger partial charge in [0.1, 0.15) is 11.5 Å². The van der Waals surface area contributed by atoms with Crippen LogP contribution in [0.5, 0.6) is 11.5 Å². The van der Waals surface area contributed by atoms with Gasteiger partial charge in [-0.2, -0.15) is 0 Å². The van der Waals surface area contributed by atoms with Crippen LogP contribution in [0.25, 0.3) is 76.1 Å². The summed E-state index contributed by atoms with van der Waals surface area (Å²) in [6.07, 6.45) is 0. The van der Waals surface area contributed by atoms with E-state index in [9.17, 15) is 0 Å². The summed E-state index contributed by atoms with van der Waals surface area (Å²) in [7, 11) is 3.46. The van der Waals surface area contributed by atoms with Crippen molar-refractivity contribution in [1.82, 2.24) is 0 Å². The summed E-state index contributed by atoms with van der Waals surface area (Å²) in [5.74, 6) is 1.69. The fourth-order valence-electron chi connectivity index (χ4n) is 11.3. The van der Waals surface area contributed by atoms with Crippen LogP contribution in [0.3, 0.4) is 0 Å². The highest BCUT2D eigenvalue weighted by atomic mass is 16.5. The molecule has 0 saturated heterocycles. The second-order valence-corrected chi connectivity index (χ2v) is 22.7. The molecular formula is C72H64N2O2. The number of fused-ring (bicyclic) bond motifs is 2. The van der Waals surface area contributed by atoms with E-state index >= 15 is 0 Å². The standard InChI is InChI=1S/C72H64N2O2/c1-45-11-25-55(26-12-45)73(57-29-21-53(22-30-57)71(3,4)5)67-43-65(51-17-15-49-41-59(75-9)33-19-47(49)39-51)61-36-38-64-68(74(56-27-13-46(2)14-28-56)58-31-23-54(24-32-58)72(6,7)8)44-66(62-35-37-63(67)69(61)70(62)64)52-18-16-50-42-60(76-10)34-20-48(50)40-52/h11-44H,1-10H3. The van der Waals surface area contributed by atoms with Crippen LogP contribution >= 0.6 is 0 Å². The molecule has 0 amide bonds. The highest BCUT2D eigenvalue weighted by Crippen LogP contribution is 2.53. The van der Waals surface area contributed by atoms with Gasteiger partial charge in [0.15, 0.2) is 0 Å². The molecule has 4 heteroatoms. The highest BCUT2D eigenvalue weighted by Gasteiger charge is 2.27. The topological polar surface area (TPSA) is 24.9 Å². The largest absolute Gasteiger partial charge is 0.497 e. The minimum atomic E-state index is 0.00188. The molecule has 0 aromatic heterocycles. The summed E-state index contributed by atoms with van der Waals surface area (Å²) in [4.78, 5) is 4.95. The quantitative estimate of drug-likeness (QED) is 0.128. The van der Waals surface area contributed by atoms with E-state index in [1.165, 1.54) is 54.6 Å². The molecule has 0 aliphatic rings. The van der Waals surface area contributed by atoms with E-state index in [0.29, 0.717) is 0 Å². The first kappa shape index (κ1) is 48.3. The van der Waals surface area contributed by atoms with Crippen LogP contribution in [0.15, 0.2) is 206 Å². The van der Waals surface area contributed by atoms with Gasteiger partial charge in [-0.05, 0) is 187 Å². The van der Waals surface area contributed by atoms with Crippen molar-refractivity contribution in [1.29, 1.82) is 0 Å². The van der Waals surface area contributed by atoms with E-state index in [4.69, 9.17) is 9.47 Å². The van der Waals surface area contributed by atoms with E-state index in [0.717, 1.165) is 89.4 Å². The molecule has 374 valence electrons. The Kier molecular flexibility index (Phi) is 11.9. The second-order valence-electron chi connectivity index (χ2n) is 22.7. The van der Waals surface area contributed by atoms with E-state index in [2.05, 4.69) is 271 Å². The third-order valence-electron chi connectivity index (χ3n) is 15.6. The van der Waals surface area contributed by atoms with E-state index < -0.39 is 0 Å². The molecule has 0 N–H and O–H groups in total. The van der Waals surface area contributed by atoms with Gasteiger partial charge in [-0.25, -0.2) is 0 Å². The van der Waals surface area contributed by atoms with Crippen LogP contribution in [-0.4, -0.2) is 14.2 Å². The van der Waals surface area contributed by atoms with Gasteiger partial charge in [0.05, 0.1) is 25.6 Å². The number of rotatable bonds is 10. The molecule has 0 atom stereocenters. The summed E-state index contributed by atoms with van der Waals surface area (Å²) in [6, 6.07) is 77.3. The molecule has 0 fully saturated rings. The summed E-state index contributed by atoms with van der Waals surface area (Å²) in [6.45, 7) is 18.0. The highest BCUT2D eigenvalue weighted by molar-refractivity contribution is 6.32. The number of nitrogens with zero attached hydrogens (tertiary/aromatic N) is 2. The predicted molar refractivity (Wildman–Crippen MR) is 325 cm³/mol. The molecule has 0 aliphatic carbocycles. The summed E-state index contributed by atoms with van der Waals surface area (Å²) < 4.78 is 11.4. The molecule has 0 saturated carbocycles. The molecule has 76 heavy (non-hydrogen) atoms. The molecule has 0 unspecified atom stereocenters. The maximum Gasteiger partial charge on any atom is 0.119 e. The zero-order chi connectivity index (χ0) is 52.6. The van der Waals surface area contributed by atoms with Crippen molar-refractivity contribution < 1.29 is 9.47 Å². The smallest absolute Gasteiger partial charge is 0.119 e. The van der Waals surface area contributed by atoms with Gasteiger partial charge in [-0.3, -0.25) is 0 Å². The zero-order valence-corrected chi connectivity index (χ0v) is 45.3. The lowest BCUT2D eigenvalue weighted by Crippen LogP contribution is -2.14. The van der Waals surface area contributed by atoms with E-state index in [1.54, 1.807) is 14.2 Å². The van der Waals surface area contributed by atoms with Crippen LogP contribution in [0.1, 0.15) is 63.8 Å². The number of hydrogen-bond donors (Lipinski definition) is 0. The maximum absolute atomic E-state index is 5.68. The van der Waals surface area contributed by atoms with Crippen LogP contribution in [0.4, 0.5) is 34.1 Å². The number of benzene rings is 12. The van der Waals surface area contributed by atoms with Crippen LogP contribution in [0, 0.1) is 13.8 Å². The Morgan fingerprint density at radius 1 is 0.316 bits per heavy atom. The van der Waals surface area contributed by atoms with Gasteiger partial charge < -0.3 is 19.3 Å². The lowest BCUT2D eigenvalue weighted by Gasteiger charge is -2.31. The predicted octanol–water partition coefficient (Wildman–Crippen LogP) is 20.4. The van der Waals surface area contributed by atoms with Gasteiger partial charge in [-0.15, -0.1) is 0 Å². The molecule has 0 spiro atoms. The Morgan fingerprint density at radius 3 is 0.974 bits per heavy atom. The minimum absolute atomic E-state index is 0.00188. The fraction of sp³-hybridized carbons (Fsp3) is 0.167. The molecule has 12 rings (SSSR count). The maximum atomic E-state index is 5.68. The average molecular weight is 989 g/mol. The van der Waals surface area contributed by atoms with Gasteiger partial charge >= 0.3 is 0 Å². The van der Waals surface area contributed by atoms with E-state index in [-0.39, 0.29) is 10.8 Å². The van der Waals surface area contributed by atoms with Gasteiger partial charge in [-0.1, -0.05) is 162 Å². The van der Waals surface area contributed by atoms with Gasteiger partial charge in [0.25, 0.3) is 0 Å². The van der Waals surface area contributed by atoms with E-state index in [1.807, 2.05) is 0 Å². The zero-order valence-electron chi connectivity index (χ0n) is 45.3. The number of aryl methyl sites for hydroxylation is 2. The molecule has 0 aliphatic heterocycles. The monoisotopic (exact) mass is 988 g/mol. The molecule has 0 heterocycles. The van der Waals surface area contributed by atoms with Crippen molar-refractivity contribution in [2.24, 2.45) is 0 Å². The third-order valence-corrected chi connectivity index (χ3v) is 15.6. The van der Waals surface area contributed by atoms with Crippen LogP contribution < -0.4 is 19.3 Å². The SMILES string of the molecule is COc1ccc2cc(-c3cc(N(c4ccc(C)cc4)c4ccc(C(C)(C)C)cc4)c4ccc5c(-c6ccc7cc(OC)ccc7c6)cc(N(c6ccc(C)cc6)c6ccc(C(C)(C)C)cc6)c6ccc3c4c56)ccc2c1. The van der Waals surface area contributed by atoms with Crippen molar-refractivity contribution in [3.63, 3.8) is 0 Å². The van der Waals surface area contributed by atoms with Crippen molar-refractivity contribution >= 4 is 88.0 Å². The summed E-state index contributed by atoms with van der Waals surface area (Å²) in [5, 5.41) is 11.8. The molecule has 0 radical (unpaired) electrons. The van der Waals surface area contributed by atoms with Crippen molar-refractivity contribution in [2.45, 2.75) is 66.2 Å². The first-order chi connectivity index (χ1) is 36.6. The molecule has 0 bridgehead atoms. The number of ether oxygens (including phenoxy) is 2. The normalized spacial score (nSPS) is 12.1. The Hall–Kier alpha value is -8.60. The Balaban J connectivity index is 1.23. The number of methoxy groups -OCH3 is 2. The Labute approximate surface area is 447 Å². The first-order valence-corrected chi connectivity index (χ1v) is 26.5. The number of anilines is 6. The number of hydrogen-bond acceptors (Lipinski definition) is 4. The first-order valence-electron chi connectivity index (χ1n) is 26.5. The van der Waals surface area contributed by atoms with Crippen molar-refractivity contribution in [2.75, 3.05) is 24.0 Å². The van der Waals surface area contributed by atoms with Gasteiger partial charge in [0.2, 0.25) is 0 Å². The third kappa shape index (κ3) is 8.62. The summed E-state index contributed by atoms with van der Waals surface area (Å²) in [5.41, 5.74) is 16.3. The fourth-order valence-corrected chi connectivity index (χ4v) is 11.3. The molecule has 12 aromatic rings. The van der Waals surface area contributed by atoms with Crippen molar-refractivity contribution in [3.05, 3.63) is 229 Å². The van der Waals surface area contributed by atoms with Crippen molar-refractivity contribution in [3.8, 4) is 33.8 Å². The average Bonchev–Trinajstić information content (AvgIpc) is 3.45. The molecule has 12 aromatic carbocycles. The minimum Gasteiger partial charge on any atom is -0.497 e. The van der Waals surface area contributed by atoms with Gasteiger partial charge in [0, 0.05) is 44.3 Å². The summed E-state index contributed by atoms with van der Waals surface area (Å²) >= 11 is 0. The Bertz CT molecular complexity index is 3870. The van der Waals surface area contributed by atoms with Crippen LogP contribution in [0.2, 0.25) is 0 Å². The lowest BCUT2D eigenvalue weighted by atomic mass is 9.84. The molecular weight excluding hydrogens is 925 g/mol.